The van der Waals surface area contributed by atoms with Crippen LogP contribution >= 0.6 is 0 Å². The van der Waals surface area contributed by atoms with Crippen LogP contribution in [0, 0.1) is 12.8 Å². The van der Waals surface area contributed by atoms with Crippen LogP contribution in [0.25, 0.3) is 0 Å². The maximum atomic E-state index is 5.75. The van der Waals surface area contributed by atoms with Gasteiger partial charge in [-0.1, -0.05) is 0 Å². The maximum absolute atomic E-state index is 5.75. The van der Waals surface area contributed by atoms with E-state index in [1.165, 1.54) is 0 Å². The first-order chi connectivity index (χ1) is 8.17. The molecule has 1 aromatic rings. The van der Waals surface area contributed by atoms with Crippen LogP contribution in [-0.4, -0.2) is 29.2 Å². The van der Waals surface area contributed by atoms with Gasteiger partial charge in [-0.05, 0) is 32.6 Å². The number of ether oxygens (including phenoxy) is 1. The number of nitrogens with two attached hydrogens (primary N) is 1. The lowest BCUT2D eigenvalue weighted by atomic mass is 9.81. The zero-order chi connectivity index (χ0) is 12.3. The molecule has 0 saturated heterocycles. The second-order valence-electron chi connectivity index (χ2n) is 4.58. The number of anilines is 1. The highest BCUT2D eigenvalue weighted by Crippen LogP contribution is 2.25. The Morgan fingerprint density at radius 1 is 1.47 bits per heavy atom. The summed E-state index contributed by atoms with van der Waals surface area (Å²) in [6.45, 7) is 5.39. The Kier molecular flexibility index (Phi) is 3.78. The van der Waals surface area contributed by atoms with E-state index in [-0.39, 0.29) is 0 Å². The third kappa shape index (κ3) is 3.30. The Hall–Kier alpha value is -1.36. The number of aryl methyl sites for hydroxylation is 1. The normalized spacial score (nSPS) is 23.0. The van der Waals surface area contributed by atoms with Crippen LogP contribution in [0.2, 0.25) is 0 Å². The fourth-order valence-electron chi connectivity index (χ4n) is 2.03. The molecule has 0 unspecified atom stereocenters. The van der Waals surface area contributed by atoms with Crippen molar-refractivity contribution in [3.63, 3.8) is 0 Å². The summed E-state index contributed by atoms with van der Waals surface area (Å²) in [7, 11) is 0. The predicted molar refractivity (Wildman–Crippen MR) is 67.1 cm³/mol. The average molecular weight is 236 g/mol. The molecule has 0 spiro atoms. The molecule has 0 atom stereocenters. The number of hydrogen-bond acceptors (Lipinski definition) is 5. The first-order valence-electron chi connectivity index (χ1n) is 6.15. The Bertz CT molecular complexity index is 377. The van der Waals surface area contributed by atoms with E-state index in [1.54, 1.807) is 0 Å². The van der Waals surface area contributed by atoms with Crippen LogP contribution in [0.5, 0.6) is 5.88 Å². The topological polar surface area (TPSA) is 73.1 Å². The molecule has 0 aliphatic heterocycles. The molecule has 5 heteroatoms. The summed E-state index contributed by atoms with van der Waals surface area (Å²) in [6, 6.07) is 2.23. The van der Waals surface area contributed by atoms with Gasteiger partial charge in [0.2, 0.25) is 11.8 Å². The second kappa shape index (κ2) is 5.31. The minimum atomic E-state index is 0.388. The predicted octanol–water partition coefficient (Wildman–Crippen LogP) is 1.33. The van der Waals surface area contributed by atoms with E-state index < -0.39 is 0 Å². The summed E-state index contributed by atoms with van der Waals surface area (Å²) in [5.74, 6) is 1.94. The molecule has 3 N–H and O–H groups in total. The molecule has 1 aliphatic rings. The minimum Gasteiger partial charge on any atom is -0.478 e. The van der Waals surface area contributed by atoms with Gasteiger partial charge >= 0.3 is 0 Å². The molecule has 1 fully saturated rings. The van der Waals surface area contributed by atoms with E-state index in [0.717, 1.165) is 25.1 Å². The van der Waals surface area contributed by atoms with E-state index in [1.807, 2.05) is 19.9 Å². The number of rotatable bonds is 5. The zero-order valence-electron chi connectivity index (χ0n) is 10.4. The highest BCUT2D eigenvalue weighted by Gasteiger charge is 2.25. The van der Waals surface area contributed by atoms with Gasteiger partial charge in [0.1, 0.15) is 0 Å². The molecule has 2 rings (SSSR count). The lowest BCUT2D eigenvalue weighted by Crippen LogP contribution is -2.39. The van der Waals surface area contributed by atoms with E-state index in [9.17, 15) is 0 Å². The number of nitrogens with one attached hydrogen (secondary N) is 1. The monoisotopic (exact) mass is 236 g/mol. The van der Waals surface area contributed by atoms with Crippen molar-refractivity contribution >= 4 is 5.95 Å². The molecule has 1 aliphatic carbocycles. The minimum absolute atomic E-state index is 0.388. The molecule has 17 heavy (non-hydrogen) atoms. The van der Waals surface area contributed by atoms with Crippen molar-refractivity contribution in [1.29, 1.82) is 0 Å². The van der Waals surface area contributed by atoms with Crippen molar-refractivity contribution in [3.8, 4) is 5.88 Å². The van der Waals surface area contributed by atoms with E-state index in [0.29, 0.717) is 30.4 Å². The van der Waals surface area contributed by atoms with Gasteiger partial charge in [-0.15, -0.1) is 0 Å². The molecule has 94 valence electrons. The third-order valence-electron chi connectivity index (χ3n) is 2.94. The van der Waals surface area contributed by atoms with Crippen LogP contribution in [0.15, 0.2) is 6.07 Å². The number of aromatic nitrogens is 2. The highest BCUT2D eigenvalue weighted by atomic mass is 16.5. The summed E-state index contributed by atoms with van der Waals surface area (Å²) < 4.78 is 5.38. The lowest BCUT2D eigenvalue weighted by molar-refractivity contribution is 0.279. The second-order valence-corrected chi connectivity index (χ2v) is 4.58. The van der Waals surface area contributed by atoms with Crippen LogP contribution in [-0.2, 0) is 0 Å². The van der Waals surface area contributed by atoms with Gasteiger partial charge in [0.05, 0.1) is 6.61 Å². The summed E-state index contributed by atoms with van der Waals surface area (Å²) in [4.78, 5) is 8.63. The zero-order valence-corrected chi connectivity index (χ0v) is 10.4. The standard InChI is InChI=1S/C12H20N4O/c1-3-17-11-4-8(2)15-12(16-11)14-7-9-5-10(13)6-9/h4,9-10H,3,5-7,13H2,1-2H3,(H,14,15,16). The molecule has 1 saturated carbocycles. The maximum Gasteiger partial charge on any atom is 0.226 e. The van der Waals surface area contributed by atoms with Crippen molar-refractivity contribution in [1.82, 2.24) is 9.97 Å². The number of hydrogen-bond donors (Lipinski definition) is 2. The molecule has 1 heterocycles. The van der Waals surface area contributed by atoms with E-state index >= 15 is 0 Å². The van der Waals surface area contributed by atoms with Crippen molar-refractivity contribution < 1.29 is 4.74 Å². The van der Waals surface area contributed by atoms with Gasteiger partial charge in [-0.3, -0.25) is 0 Å². The molecule has 1 aromatic heterocycles. The smallest absolute Gasteiger partial charge is 0.226 e. The van der Waals surface area contributed by atoms with E-state index in [4.69, 9.17) is 10.5 Å². The average Bonchev–Trinajstić information content (AvgIpc) is 2.22. The third-order valence-corrected chi connectivity index (χ3v) is 2.94. The first kappa shape index (κ1) is 12.1. The van der Waals surface area contributed by atoms with Gasteiger partial charge in [0.15, 0.2) is 0 Å². The van der Waals surface area contributed by atoms with Crippen LogP contribution in [0.1, 0.15) is 25.5 Å². The van der Waals surface area contributed by atoms with Gasteiger partial charge in [0, 0.05) is 24.3 Å². The lowest BCUT2D eigenvalue weighted by Gasteiger charge is -2.32. The van der Waals surface area contributed by atoms with Crippen LogP contribution < -0.4 is 15.8 Å². The molecular weight excluding hydrogens is 216 g/mol. The van der Waals surface area contributed by atoms with Gasteiger partial charge in [0.25, 0.3) is 0 Å². The Morgan fingerprint density at radius 2 is 2.24 bits per heavy atom. The largest absolute Gasteiger partial charge is 0.478 e. The quantitative estimate of drug-likeness (QED) is 0.807. The highest BCUT2D eigenvalue weighted by molar-refractivity contribution is 5.30. The number of nitrogens with zero attached hydrogens (tertiary/aromatic N) is 2. The van der Waals surface area contributed by atoms with Gasteiger partial charge in [-0.2, -0.15) is 4.98 Å². The fourth-order valence-corrected chi connectivity index (χ4v) is 2.03. The molecular formula is C12H20N4O. The Morgan fingerprint density at radius 3 is 2.88 bits per heavy atom. The van der Waals surface area contributed by atoms with Crippen molar-refractivity contribution in [2.24, 2.45) is 11.7 Å². The molecule has 0 amide bonds. The van der Waals surface area contributed by atoms with Crippen molar-refractivity contribution in [2.75, 3.05) is 18.5 Å². The van der Waals surface area contributed by atoms with Crippen LogP contribution in [0.4, 0.5) is 5.95 Å². The summed E-state index contributed by atoms with van der Waals surface area (Å²) in [5, 5.41) is 3.25. The molecule has 0 radical (unpaired) electrons. The molecule has 5 nitrogen and oxygen atoms in total. The Balaban J connectivity index is 1.90. The fraction of sp³-hybridized carbons (Fsp3) is 0.667. The molecule has 0 aromatic carbocycles. The SMILES string of the molecule is CCOc1cc(C)nc(NCC2CC(N)C2)n1. The summed E-state index contributed by atoms with van der Waals surface area (Å²) in [6.07, 6.45) is 2.19. The van der Waals surface area contributed by atoms with Gasteiger partial charge in [-0.25, -0.2) is 4.98 Å². The summed E-state index contributed by atoms with van der Waals surface area (Å²) >= 11 is 0. The summed E-state index contributed by atoms with van der Waals surface area (Å²) in [5.41, 5.74) is 6.66. The van der Waals surface area contributed by atoms with Crippen molar-refractivity contribution in [2.45, 2.75) is 32.7 Å². The first-order valence-corrected chi connectivity index (χ1v) is 6.15. The Labute approximate surface area is 102 Å². The van der Waals surface area contributed by atoms with Gasteiger partial charge < -0.3 is 15.8 Å². The van der Waals surface area contributed by atoms with Crippen molar-refractivity contribution in [3.05, 3.63) is 11.8 Å². The van der Waals surface area contributed by atoms with Crippen LogP contribution in [0.3, 0.4) is 0 Å². The molecule has 0 bridgehead atoms. The van der Waals surface area contributed by atoms with E-state index in [2.05, 4.69) is 15.3 Å².